The number of ether oxygens (including phenoxy) is 1. The molecule has 1 fully saturated rings. The second-order valence-electron chi connectivity index (χ2n) is 6.72. The smallest absolute Gasteiger partial charge is 0.243 e. The SMILES string of the molecule is COc1ccc([C@@H]2CCCN(C(C)(C(N)=O)c3ccc(Cl)cn3)C2)cn1. The van der Waals surface area contributed by atoms with Gasteiger partial charge < -0.3 is 10.5 Å². The summed E-state index contributed by atoms with van der Waals surface area (Å²) in [6.45, 7) is 3.32. The van der Waals surface area contributed by atoms with Crippen molar-refractivity contribution in [1.29, 1.82) is 0 Å². The number of methoxy groups -OCH3 is 1. The average molecular weight is 375 g/mol. The normalized spacial score (nSPS) is 20.3. The van der Waals surface area contributed by atoms with Crippen molar-refractivity contribution in [3.63, 3.8) is 0 Å². The lowest BCUT2D eigenvalue weighted by atomic mass is 9.85. The second-order valence-corrected chi connectivity index (χ2v) is 7.15. The van der Waals surface area contributed by atoms with E-state index >= 15 is 0 Å². The highest BCUT2D eigenvalue weighted by Gasteiger charge is 2.43. The van der Waals surface area contributed by atoms with Gasteiger partial charge in [0.2, 0.25) is 11.8 Å². The number of nitrogens with zero attached hydrogens (tertiary/aromatic N) is 3. The third-order valence-corrected chi connectivity index (χ3v) is 5.42. The molecule has 0 aliphatic carbocycles. The second kappa shape index (κ2) is 7.60. The fourth-order valence-corrected chi connectivity index (χ4v) is 3.63. The fraction of sp³-hybridized carbons (Fsp3) is 0.421. The Kier molecular flexibility index (Phi) is 5.44. The predicted octanol–water partition coefficient (Wildman–Crippen LogP) is 2.72. The minimum Gasteiger partial charge on any atom is -0.481 e. The first-order valence-electron chi connectivity index (χ1n) is 8.62. The number of rotatable bonds is 5. The molecule has 1 aliphatic rings. The van der Waals surface area contributed by atoms with E-state index in [1.165, 1.54) is 0 Å². The molecule has 138 valence electrons. The van der Waals surface area contributed by atoms with Crippen LogP contribution in [0.15, 0.2) is 36.7 Å². The number of aromatic nitrogens is 2. The van der Waals surface area contributed by atoms with Gasteiger partial charge in [-0.25, -0.2) is 4.98 Å². The molecule has 1 unspecified atom stereocenters. The topological polar surface area (TPSA) is 81.3 Å². The molecule has 7 heteroatoms. The van der Waals surface area contributed by atoms with Gasteiger partial charge in [-0.3, -0.25) is 14.7 Å². The number of halogens is 1. The van der Waals surface area contributed by atoms with Gasteiger partial charge in [-0.1, -0.05) is 17.7 Å². The van der Waals surface area contributed by atoms with E-state index in [-0.39, 0.29) is 5.92 Å². The van der Waals surface area contributed by atoms with Crippen LogP contribution >= 0.6 is 11.6 Å². The molecule has 1 amide bonds. The number of amides is 1. The van der Waals surface area contributed by atoms with Crippen molar-refractivity contribution in [2.24, 2.45) is 5.73 Å². The van der Waals surface area contributed by atoms with Crippen LogP contribution in [0, 0.1) is 0 Å². The molecule has 0 saturated carbocycles. The Morgan fingerprint density at radius 1 is 1.31 bits per heavy atom. The molecule has 26 heavy (non-hydrogen) atoms. The van der Waals surface area contributed by atoms with Crippen molar-refractivity contribution in [2.75, 3.05) is 20.2 Å². The average Bonchev–Trinajstić information content (AvgIpc) is 2.68. The van der Waals surface area contributed by atoms with E-state index in [1.807, 2.05) is 25.3 Å². The third kappa shape index (κ3) is 3.52. The van der Waals surface area contributed by atoms with Crippen molar-refractivity contribution in [2.45, 2.75) is 31.2 Å². The number of piperidine rings is 1. The van der Waals surface area contributed by atoms with Crippen molar-refractivity contribution in [1.82, 2.24) is 14.9 Å². The fourth-order valence-electron chi connectivity index (χ4n) is 3.52. The van der Waals surface area contributed by atoms with Crippen LogP contribution in [-0.2, 0) is 10.3 Å². The van der Waals surface area contributed by atoms with E-state index in [0.29, 0.717) is 23.1 Å². The monoisotopic (exact) mass is 374 g/mol. The molecule has 0 radical (unpaired) electrons. The van der Waals surface area contributed by atoms with Gasteiger partial charge in [0.15, 0.2) is 0 Å². The zero-order valence-corrected chi connectivity index (χ0v) is 15.7. The Labute approximate surface area is 158 Å². The van der Waals surface area contributed by atoms with Crippen LogP contribution in [0.3, 0.4) is 0 Å². The molecular weight excluding hydrogens is 352 g/mol. The molecule has 2 aromatic heterocycles. The van der Waals surface area contributed by atoms with E-state index in [9.17, 15) is 4.79 Å². The van der Waals surface area contributed by atoms with Gasteiger partial charge in [-0.2, -0.15) is 0 Å². The molecule has 1 saturated heterocycles. The summed E-state index contributed by atoms with van der Waals surface area (Å²) in [6.07, 6.45) is 5.39. The summed E-state index contributed by atoms with van der Waals surface area (Å²) in [4.78, 5) is 23.2. The summed E-state index contributed by atoms with van der Waals surface area (Å²) < 4.78 is 5.13. The molecule has 3 rings (SSSR count). The van der Waals surface area contributed by atoms with E-state index in [2.05, 4.69) is 14.9 Å². The summed E-state index contributed by atoms with van der Waals surface area (Å²) in [5.41, 5.74) is 6.57. The van der Waals surface area contributed by atoms with E-state index in [1.54, 1.807) is 25.4 Å². The van der Waals surface area contributed by atoms with Crippen LogP contribution < -0.4 is 10.5 Å². The quantitative estimate of drug-likeness (QED) is 0.870. The van der Waals surface area contributed by atoms with Gasteiger partial charge in [-0.15, -0.1) is 0 Å². The maximum absolute atomic E-state index is 12.4. The highest BCUT2D eigenvalue weighted by Crippen LogP contribution is 2.35. The Bertz CT molecular complexity index is 766. The zero-order valence-electron chi connectivity index (χ0n) is 15.0. The van der Waals surface area contributed by atoms with Crippen molar-refractivity contribution >= 4 is 17.5 Å². The van der Waals surface area contributed by atoms with Crippen molar-refractivity contribution in [3.8, 4) is 5.88 Å². The van der Waals surface area contributed by atoms with E-state index < -0.39 is 11.4 Å². The highest BCUT2D eigenvalue weighted by molar-refractivity contribution is 6.30. The Morgan fingerprint density at radius 3 is 2.69 bits per heavy atom. The minimum absolute atomic E-state index is 0.271. The van der Waals surface area contributed by atoms with Crippen LogP contribution in [0.2, 0.25) is 5.02 Å². The van der Waals surface area contributed by atoms with Crippen molar-refractivity contribution in [3.05, 3.63) is 52.9 Å². The molecule has 3 heterocycles. The standard InChI is InChI=1S/C19H23ClN4O2/c1-19(18(21)25,16-7-6-15(20)11-22-16)24-9-3-4-14(12-24)13-5-8-17(26-2)23-10-13/h5-8,10-11,14H,3-4,9,12H2,1-2H3,(H2,21,25)/t14-,19?/m1/s1. The molecule has 6 nitrogen and oxygen atoms in total. The van der Waals surface area contributed by atoms with Crippen LogP contribution in [0.1, 0.15) is 36.9 Å². The zero-order chi connectivity index (χ0) is 18.7. The van der Waals surface area contributed by atoms with E-state index in [0.717, 1.165) is 24.9 Å². The Morgan fingerprint density at radius 2 is 2.12 bits per heavy atom. The van der Waals surface area contributed by atoms with Crippen LogP contribution in [0.25, 0.3) is 0 Å². The lowest BCUT2D eigenvalue weighted by molar-refractivity contribution is -0.131. The van der Waals surface area contributed by atoms with Crippen molar-refractivity contribution < 1.29 is 9.53 Å². The first kappa shape index (κ1) is 18.6. The van der Waals surface area contributed by atoms with Crippen LogP contribution in [0.4, 0.5) is 0 Å². The highest BCUT2D eigenvalue weighted by atomic mass is 35.5. The molecule has 0 aromatic carbocycles. The lowest BCUT2D eigenvalue weighted by Crippen LogP contribution is -2.56. The van der Waals surface area contributed by atoms with Gasteiger partial charge >= 0.3 is 0 Å². The summed E-state index contributed by atoms with van der Waals surface area (Å²) in [6, 6.07) is 7.40. The van der Waals surface area contributed by atoms with Gasteiger partial charge in [0.05, 0.1) is 17.8 Å². The maximum Gasteiger partial charge on any atom is 0.243 e. The van der Waals surface area contributed by atoms with Gasteiger partial charge in [0.25, 0.3) is 0 Å². The number of likely N-dealkylation sites (tertiary alicyclic amines) is 1. The van der Waals surface area contributed by atoms with Crippen LogP contribution in [0.5, 0.6) is 5.88 Å². The Balaban J connectivity index is 1.87. The maximum atomic E-state index is 12.4. The molecule has 2 aromatic rings. The molecule has 0 bridgehead atoms. The molecule has 0 spiro atoms. The Hall–Kier alpha value is -2.18. The molecule has 2 atom stereocenters. The molecular formula is C19H23ClN4O2. The molecule has 1 aliphatic heterocycles. The largest absolute Gasteiger partial charge is 0.481 e. The first-order valence-corrected chi connectivity index (χ1v) is 9.00. The number of carbonyl (C=O) groups is 1. The van der Waals surface area contributed by atoms with Gasteiger partial charge in [0.1, 0.15) is 5.54 Å². The number of carbonyl (C=O) groups excluding carboxylic acids is 1. The lowest BCUT2D eigenvalue weighted by Gasteiger charge is -2.43. The van der Waals surface area contributed by atoms with Gasteiger partial charge in [0, 0.05) is 25.0 Å². The number of hydrogen-bond acceptors (Lipinski definition) is 5. The van der Waals surface area contributed by atoms with Gasteiger partial charge in [-0.05, 0) is 49.9 Å². The van der Waals surface area contributed by atoms with E-state index in [4.69, 9.17) is 22.1 Å². The summed E-state index contributed by atoms with van der Waals surface area (Å²) in [5.74, 6) is 0.447. The molecule has 2 N–H and O–H groups in total. The summed E-state index contributed by atoms with van der Waals surface area (Å²) in [7, 11) is 1.60. The predicted molar refractivity (Wildman–Crippen MR) is 100 cm³/mol. The third-order valence-electron chi connectivity index (χ3n) is 5.20. The number of nitrogens with two attached hydrogens (primary N) is 1. The summed E-state index contributed by atoms with van der Waals surface area (Å²) in [5, 5.41) is 0.529. The number of hydrogen-bond donors (Lipinski definition) is 1. The number of pyridine rings is 2. The summed E-state index contributed by atoms with van der Waals surface area (Å²) >= 11 is 5.95. The first-order chi connectivity index (χ1) is 12.4. The number of primary amides is 1. The van der Waals surface area contributed by atoms with Crippen LogP contribution in [-0.4, -0.2) is 41.0 Å². The minimum atomic E-state index is -0.983.